The third-order valence-electron chi connectivity index (χ3n) is 4.27. The molecule has 1 amide bonds. The fourth-order valence-electron chi connectivity index (χ4n) is 2.61. The van der Waals surface area contributed by atoms with E-state index in [1.165, 1.54) is 0 Å². The molecule has 2 rings (SSSR count). The Balaban J connectivity index is 0.00000264. The number of halogens is 2. The first-order chi connectivity index (χ1) is 10.5. The van der Waals surface area contributed by atoms with Crippen molar-refractivity contribution in [2.75, 3.05) is 19.6 Å². The lowest BCUT2D eigenvalue weighted by atomic mass is 9.81. The van der Waals surface area contributed by atoms with Crippen molar-refractivity contribution in [3.63, 3.8) is 0 Å². The predicted molar refractivity (Wildman–Crippen MR) is 95.5 cm³/mol. The number of amides is 1. The Labute approximate surface area is 148 Å². The van der Waals surface area contributed by atoms with Crippen LogP contribution in [0.1, 0.15) is 43.0 Å². The second-order valence-electron chi connectivity index (χ2n) is 6.27. The average molecular weight is 359 g/mol. The number of Topliss-reactive ketones (excluding diaryl/α,β-unsaturated/α-hetero) is 1. The van der Waals surface area contributed by atoms with Gasteiger partial charge in [0.05, 0.1) is 0 Å². The van der Waals surface area contributed by atoms with Crippen LogP contribution in [0.15, 0.2) is 24.3 Å². The van der Waals surface area contributed by atoms with Crippen molar-refractivity contribution in [1.82, 2.24) is 10.6 Å². The van der Waals surface area contributed by atoms with Gasteiger partial charge in [0.15, 0.2) is 5.78 Å². The zero-order valence-corrected chi connectivity index (χ0v) is 14.9. The summed E-state index contributed by atoms with van der Waals surface area (Å²) in [5, 5.41) is 6.89. The molecule has 0 spiro atoms. The van der Waals surface area contributed by atoms with Crippen LogP contribution in [0, 0.1) is 5.41 Å². The van der Waals surface area contributed by atoms with Crippen LogP contribution in [0.4, 0.5) is 0 Å². The Morgan fingerprint density at radius 1 is 1.17 bits per heavy atom. The maximum atomic E-state index is 12.0. The van der Waals surface area contributed by atoms with Gasteiger partial charge in [0.25, 0.3) is 0 Å². The average Bonchev–Trinajstić information content (AvgIpc) is 2.52. The predicted octanol–water partition coefficient (Wildman–Crippen LogP) is 3.23. The van der Waals surface area contributed by atoms with E-state index >= 15 is 0 Å². The minimum atomic E-state index is -0.0536. The van der Waals surface area contributed by atoms with Gasteiger partial charge in [-0.3, -0.25) is 9.59 Å². The highest BCUT2D eigenvalue weighted by atomic mass is 35.5. The summed E-state index contributed by atoms with van der Waals surface area (Å²) >= 11 is 5.79. The van der Waals surface area contributed by atoms with E-state index in [2.05, 4.69) is 17.6 Å². The maximum absolute atomic E-state index is 12.0. The number of hydrogen-bond acceptors (Lipinski definition) is 3. The Hall–Kier alpha value is -1.10. The van der Waals surface area contributed by atoms with Crippen LogP contribution >= 0.6 is 24.0 Å². The highest BCUT2D eigenvalue weighted by Crippen LogP contribution is 2.26. The first kappa shape index (κ1) is 19.9. The quantitative estimate of drug-likeness (QED) is 0.767. The van der Waals surface area contributed by atoms with Crippen molar-refractivity contribution in [2.45, 2.75) is 32.6 Å². The number of rotatable bonds is 6. The molecule has 1 heterocycles. The fraction of sp³-hybridized carbons (Fsp3) is 0.529. The molecule has 0 unspecified atom stereocenters. The van der Waals surface area contributed by atoms with Crippen LogP contribution in [-0.4, -0.2) is 31.3 Å². The summed E-state index contributed by atoms with van der Waals surface area (Å²) in [4.78, 5) is 23.9. The van der Waals surface area contributed by atoms with Crippen LogP contribution in [0.3, 0.4) is 0 Å². The Morgan fingerprint density at radius 2 is 1.78 bits per heavy atom. The first-order valence-electron chi connectivity index (χ1n) is 7.75. The van der Waals surface area contributed by atoms with E-state index in [-0.39, 0.29) is 42.4 Å². The summed E-state index contributed by atoms with van der Waals surface area (Å²) in [6.45, 7) is 4.89. The molecule has 4 nitrogen and oxygen atoms in total. The normalized spacial score (nSPS) is 16.3. The highest BCUT2D eigenvalue weighted by Gasteiger charge is 2.26. The van der Waals surface area contributed by atoms with Crippen molar-refractivity contribution in [3.8, 4) is 0 Å². The lowest BCUT2D eigenvalue weighted by molar-refractivity contribution is -0.121. The molecule has 0 atom stereocenters. The topological polar surface area (TPSA) is 58.2 Å². The summed E-state index contributed by atoms with van der Waals surface area (Å²) in [5.74, 6) is -0.0815. The number of piperidine rings is 1. The van der Waals surface area contributed by atoms with E-state index in [9.17, 15) is 9.59 Å². The van der Waals surface area contributed by atoms with Gasteiger partial charge in [-0.25, -0.2) is 0 Å². The van der Waals surface area contributed by atoms with E-state index in [0.717, 1.165) is 25.9 Å². The number of carbonyl (C=O) groups excluding carboxylic acids is 2. The standard InChI is InChI=1S/C17H23ClN2O2.ClH/c1-17(8-10-19-11-9-17)12-20-16(22)7-6-15(21)13-2-4-14(18)5-3-13;/h2-5,19H,6-12H2,1H3,(H,20,22);1H. The van der Waals surface area contributed by atoms with Crippen LogP contribution < -0.4 is 10.6 Å². The third-order valence-corrected chi connectivity index (χ3v) is 4.52. The Kier molecular flexibility index (Phi) is 8.03. The molecule has 0 radical (unpaired) electrons. The number of nitrogens with one attached hydrogen (secondary N) is 2. The molecule has 1 aliphatic heterocycles. The fourth-order valence-corrected chi connectivity index (χ4v) is 2.74. The van der Waals surface area contributed by atoms with Crippen molar-refractivity contribution >= 4 is 35.7 Å². The number of hydrogen-bond donors (Lipinski definition) is 2. The molecule has 1 aromatic carbocycles. The van der Waals surface area contributed by atoms with Gasteiger partial charge in [0, 0.05) is 30.0 Å². The second-order valence-corrected chi connectivity index (χ2v) is 6.70. The number of ketones is 1. The van der Waals surface area contributed by atoms with Gasteiger partial charge in [-0.15, -0.1) is 12.4 Å². The molecule has 128 valence electrons. The molecule has 1 saturated heterocycles. The molecule has 6 heteroatoms. The Bertz CT molecular complexity index is 526. The van der Waals surface area contributed by atoms with Gasteiger partial charge in [-0.05, 0) is 55.6 Å². The minimum Gasteiger partial charge on any atom is -0.356 e. The summed E-state index contributed by atoms with van der Waals surface area (Å²) in [7, 11) is 0. The smallest absolute Gasteiger partial charge is 0.220 e. The molecule has 0 bridgehead atoms. The second kappa shape index (κ2) is 9.26. The van der Waals surface area contributed by atoms with Gasteiger partial charge in [0.1, 0.15) is 0 Å². The van der Waals surface area contributed by atoms with Crippen LogP contribution in [0.5, 0.6) is 0 Å². The van der Waals surface area contributed by atoms with Gasteiger partial charge in [-0.2, -0.15) is 0 Å². The molecule has 1 aliphatic rings. The van der Waals surface area contributed by atoms with Crippen molar-refractivity contribution in [1.29, 1.82) is 0 Å². The van der Waals surface area contributed by atoms with Gasteiger partial charge in [-0.1, -0.05) is 18.5 Å². The van der Waals surface area contributed by atoms with Crippen LogP contribution in [0.2, 0.25) is 5.02 Å². The lowest BCUT2D eigenvalue weighted by Crippen LogP contribution is -2.42. The molecule has 1 aromatic rings. The zero-order valence-electron chi connectivity index (χ0n) is 13.4. The first-order valence-corrected chi connectivity index (χ1v) is 8.12. The molecule has 2 N–H and O–H groups in total. The number of carbonyl (C=O) groups is 2. The monoisotopic (exact) mass is 358 g/mol. The molecule has 0 aliphatic carbocycles. The Morgan fingerprint density at radius 3 is 2.39 bits per heavy atom. The van der Waals surface area contributed by atoms with Crippen molar-refractivity contribution in [3.05, 3.63) is 34.9 Å². The van der Waals surface area contributed by atoms with E-state index < -0.39 is 0 Å². The van der Waals surface area contributed by atoms with E-state index in [1.807, 2.05) is 0 Å². The lowest BCUT2D eigenvalue weighted by Gasteiger charge is -2.34. The third kappa shape index (κ3) is 6.50. The van der Waals surface area contributed by atoms with E-state index in [0.29, 0.717) is 17.1 Å². The molecular formula is C17H24Cl2N2O2. The van der Waals surface area contributed by atoms with Crippen LogP contribution in [0.25, 0.3) is 0 Å². The van der Waals surface area contributed by atoms with Gasteiger partial charge < -0.3 is 10.6 Å². The summed E-state index contributed by atoms with van der Waals surface area (Å²) in [6, 6.07) is 6.76. The molecule has 23 heavy (non-hydrogen) atoms. The summed E-state index contributed by atoms with van der Waals surface area (Å²) in [5.41, 5.74) is 0.767. The van der Waals surface area contributed by atoms with Crippen molar-refractivity contribution < 1.29 is 9.59 Å². The maximum Gasteiger partial charge on any atom is 0.220 e. The summed E-state index contributed by atoms with van der Waals surface area (Å²) in [6.07, 6.45) is 2.59. The molecule has 1 fully saturated rings. The molecule has 0 saturated carbocycles. The van der Waals surface area contributed by atoms with Gasteiger partial charge in [0.2, 0.25) is 5.91 Å². The highest BCUT2D eigenvalue weighted by molar-refractivity contribution is 6.30. The van der Waals surface area contributed by atoms with Crippen LogP contribution in [-0.2, 0) is 4.79 Å². The molecular weight excluding hydrogens is 335 g/mol. The summed E-state index contributed by atoms with van der Waals surface area (Å²) < 4.78 is 0. The number of benzene rings is 1. The largest absolute Gasteiger partial charge is 0.356 e. The molecule has 0 aromatic heterocycles. The minimum absolute atomic E-state index is 0. The zero-order chi connectivity index (χ0) is 16.0. The van der Waals surface area contributed by atoms with E-state index in [4.69, 9.17) is 11.6 Å². The SMILES string of the molecule is CC1(CNC(=O)CCC(=O)c2ccc(Cl)cc2)CCNCC1.Cl. The van der Waals surface area contributed by atoms with Gasteiger partial charge >= 0.3 is 0 Å². The van der Waals surface area contributed by atoms with Crippen molar-refractivity contribution in [2.24, 2.45) is 5.41 Å². The van der Waals surface area contributed by atoms with E-state index in [1.54, 1.807) is 24.3 Å².